The Balaban J connectivity index is 0.840. The summed E-state index contributed by atoms with van der Waals surface area (Å²) in [6.07, 6.45) is -7.03. The highest BCUT2D eigenvalue weighted by molar-refractivity contribution is 5.93. The fourth-order valence-electron chi connectivity index (χ4n) is 12.4. The van der Waals surface area contributed by atoms with Gasteiger partial charge in [-0.05, 0) is 84.1 Å². The minimum Gasteiger partial charge on any atom is -0.469 e. The van der Waals surface area contributed by atoms with Gasteiger partial charge in [0.05, 0.1) is 67.1 Å². The highest BCUT2D eigenvalue weighted by atomic mass is 16.8. The summed E-state index contributed by atoms with van der Waals surface area (Å²) >= 11 is 0. The minimum atomic E-state index is -1.59. The highest BCUT2D eigenvalue weighted by Gasteiger charge is 2.58. The molecule has 2 saturated carbocycles. The molecule has 4 saturated heterocycles. The quantitative estimate of drug-likeness (QED) is 0.179. The van der Waals surface area contributed by atoms with Gasteiger partial charge >= 0.3 is 0 Å². The number of allylic oxidation sites excluding steroid dienone is 1. The van der Waals surface area contributed by atoms with Crippen LogP contribution in [0.5, 0.6) is 0 Å². The van der Waals surface area contributed by atoms with E-state index in [1.807, 2.05) is 26.8 Å². The SMILES string of the molecule is CO[C@H]1C[C@H](O[C@H]2[C@@H](OC)C[C@H](O[C@@H]3CC4=CC[C@H]5C(=O)[C@@](C)(c6ccoc6C)CC[C@@H]5[C@@]4(C)C[C@H]3O)O[C@@H]2C)O[C@@H](C)[C@H]1O[C@H]1C[C@H](OC)[C@H](O[C@@H]2O[C@H](CO)[C@@H](O)[C@H](O)[C@H]2O)[C@@H](C)O1. The van der Waals surface area contributed by atoms with E-state index in [1.54, 1.807) is 27.4 Å². The first-order chi connectivity index (χ1) is 31.4. The molecule has 374 valence electrons. The fraction of sp³-hybridized carbons (Fsp3) is 0.854. The number of fused-ring (bicyclic) bond motifs is 3. The summed E-state index contributed by atoms with van der Waals surface area (Å²) in [5, 5.41) is 52.4. The number of aliphatic hydroxyl groups is 5. The third-order valence-corrected chi connectivity index (χ3v) is 16.3. The second-order valence-electron chi connectivity index (χ2n) is 20.2. The van der Waals surface area contributed by atoms with E-state index in [9.17, 15) is 30.3 Å². The van der Waals surface area contributed by atoms with Crippen LogP contribution in [0.1, 0.15) is 97.3 Å². The molecule has 4 aliphatic heterocycles. The number of carbonyl (C=O) groups excluding carboxylic acids is 1. The molecular formula is C48H74O18. The van der Waals surface area contributed by atoms with E-state index in [0.717, 1.165) is 24.2 Å². The first kappa shape index (κ1) is 50.4. The van der Waals surface area contributed by atoms with Gasteiger partial charge in [0.1, 0.15) is 54.3 Å². The second-order valence-corrected chi connectivity index (χ2v) is 20.2. The lowest BCUT2D eigenvalue weighted by atomic mass is 9.49. The van der Waals surface area contributed by atoms with Crippen molar-refractivity contribution < 1.29 is 86.8 Å². The van der Waals surface area contributed by atoms with Crippen molar-refractivity contribution in [2.75, 3.05) is 27.9 Å². The van der Waals surface area contributed by atoms with Crippen molar-refractivity contribution >= 4 is 5.78 Å². The Kier molecular flexibility index (Phi) is 15.6. The van der Waals surface area contributed by atoms with Crippen LogP contribution in [-0.4, -0.2) is 176 Å². The molecule has 1 aromatic heterocycles. The molecule has 0 unspecified atom stereocenters. The lowest BCUT2D eigenvalue weighted by Gasteiger charge is -2.55. The monoisotopic (exact) mass is 938 g/mol. The van der Waals surface area contributed by atoms with Crippen LogP contribution in [0.25, 0.3) is 0 Å². The molecule has 0 radical (unpaired) electrons. The normalized spacial score (nSPS) is 48.9. The summed E-state index contributed by atoms with van der Waals surface area (Å²) in [6.45, 7) is 11.2. The Bertz CT molecular complexity index is 1820. The van der Waals surface area contributed by atoms with Crippen LogP contribution < -0.4 is 0 Å². The zero-order valence-corrected chi connectivity index (χ0v) is 39.8. The zero-order chi connectivity index (χ0) is 47.4. The topological polar surface area (TPSA) is 233 Å². The van der Waals surface area contributed by atoms with Crippen LogP contribution >= 0.6 is 0 Å². The van der Waals surface area contributed by atoms with E-state index in [4.69, 9.17) is 56.5 Å². The Morgan fingerprint density at radius 3 is 1.79 bits per heavy atom. The zero-order valence-electron chi connectivity index (χ0n) is 39.8. The first-order valence-electron chi connectivity index (χ1n) is 23.9. The molecule has 66 heavy (non-hydrogen) atoms. The van der Waals surface area contributed by atoms with Crippen LogP contribution in [0.3, 0.4) is 0 Å². The van der Waals surface area contributed by atoms with Crippen molar-refractivity contribution in [3.05, 3.63) is 35.3 Å². The lowest BCUT2D eigenvalue weighted by molar-refractivity contribution is -0.357. The third kappa shape index (κ3) is 9.50. The molecule has 6 fully saturated rings. The molecule has 0 bridgehead atoms. The Morgan fingerprint density at radius 1 is 0.727 bits per heavy atom. The summed E-state index contributed by atoms with van der Waals surface area (Å²) in [7, 11) is 4.76. The van der Waals surface area contributed by atoms with Crippen LogP contribution in [0, 0.1) is 24.2 Å². The van der Waals surface area contributed by atoms with Crippen LogP contribution in [0.4, 0.5) is 0 Å². The van der Waals surface area contributed by atoms with Gasteiger partial charge in [0.25, 0.3) is 0 Å². The van der Waals surface area contributed by atoms with Crippen molar-refractivity contribution in [3.8, 4) is 0 Å². The number of ether oxygens (including phenoxy) is 11. The van der Waals surface area contributed by atoms with Gasteiger partial charge in [-0.15, -0.1) is 0 Å². The smallest absolute Gasteiger partial charge is 0.187 e. The summed E-state index contributed by atoms with van der Waals surface area (Å²) in [4.78, 5) is 14.2. The number of methoxy groups -OCH3 is 3. The number of hydrogen-bond donors (Lipinski definition) is 5. The lowest BCUT2D eigenvalue weighted by Crippen LogP contribution is -2.62. The van der Waals surface area contributed by atoms with E-state index < -0.39 is 129 Å². The van der Waals surface area contributed by atoms with Gasteiger partial charge in [0.15, 0.2) is 25.2 Å². The Labute approximate surface area is 387 Å². The number of Topliss-reactive ketones (excluding diaryl/α,β-unsaturated/α-hetero) is 1. The van der Waals surface area contributed by atoms with Gasteiger partial charge in [-0.2, -0.15) is 0 Å². The second kappa shape index (κ2) is 20.4. The van der Waals surface area contributed by atoms with Crippen LogP contribution in [0.15, 0.2) is 28.4 Å². The van der Waals surface area contributed by atoms with Crippen molar-refractivity contribution in [2.45, 2.75) is 215 Å². The molecule has 23 atom stereocenters. The number of furan rings is 1. The number of carbonyl (C=O) groups is 1. The van der Waals surface area contributed by atoms with Gasteiger partial charge in [0, 0.05) is 52.1 Å². The van der Waals surface area contributed by atoms with E-state index in [2.05, 4.69) is 19.9 Å². The minimum absolute atomic E-state index is 0.114. The summed E-state index contributed by atoms with van der Waals surface area (Å²) in [5.41, 5.74) is 1.34. The molecule has 1 aromatic rings. The predicted octanol–water partition coefficient (Wildman–Crippen LogP) is 2.72. The molecule has 3 aliphatic carbocycles. The molecular weight excluding hydrogens is 865 g/mol. The average Bonchev–Trinajstić information content (AvgIpc) is 3.73. The molecule has 0 spiro atoms. The van der Waals surface area contributed by atoms with Gasteiger partial charge < -0.3 is 82.1 Å². The van der Waals surface area contributed by atoms with E-state index in [1.165, 1.54) is 12.7 Å². The molecule has 5 heterocycles. The molecule has 8 rings (SSSR count). The van der Waals surface area contributed by atoms with Crippen molar-refractivity contribution in [3.63, 3.8) is 0 Å². The van der Waals surface area contributed by atoms with E-state index >= 15 is 0 Å². The predicted molar refractivity (Wildman–Crippen MR) is 231 cm³/mol. The van der Waals surface area contributed by atoms with Crippen molar-refractivity contribution in [1.29, 1.82) is 0 Å². The van der Waals surface area contributed by atoms with Crippen molar-refractivity contribution in [1.82, 2.24) is 0 Å². The first-order valence-corrected chi connectivity index (χ1v) is 23.9. The average molecular weight is 939 g/mol. The van der Waals surface area contributed by atoms with Crippen LogP contribution in [0.2, 0.25) is 0 Å². The Morgan fingerprint density at radius 2 is 1.27 bits per heavy atom. The Hall–Kier alpha value is -1.95. The summed E-state index contributed by atoms with van der Waals surface area (Å²) in [6, 6.07) is 1.94. The maximum absolute atomic E-state index is 14.2. The molecule has 18 heteroatoms. The molecule has 18 nitrogen and oxygen atoms in total. The third-order valence-electron chi connectivity index (χ3n) is 16.3. The molecule has 0 aromatic carbocycles. The molecule has 5 N–H and O–H groups in total. The van der Waals surface area contributed by atoms with Crippen molar-refractivity contribution in [2.24, 2.45) is 17.3 Å². The number of rotatable bonds is 13. The number of aliphatic hydroxyl groups excluding tert-OH is 5. The maximum atomic E-state index is 14.2. The largest absolute Gasteiger partial charge is 0.469 e. The molecule has 7 aliphatic rings. The highest BCUT2D eigenvalue weighted by Crippen LogP contribution is 2.59. The number of ketones is 1. The number of hydrogen-bond acceptors (Lipinski definition) is 18. The van der Waals surface area contributed by atoms with E-state index in [-0.39, 0.29) is 29.5 Å². The van der Waals surface area contributed by atoms with Gasteiger partial charge in [0.2, 0.25) is 0 Å². The van der Waals surface area contributed by atoms with Gasteiger partial charge in [-0.1, -0.05) is 18.6 Å². The fourth-order valence-corrected chi connectivity index (χ4v) is 12.4. The summed E-state index contributed by atoms with van der Waals surface area (Å²) in [5.74, 6) is 1.09. The molecule has 0 amide bonds. The van der Waals surface area contributed by atoms with Gasteiger partial charge in [-0.3, -0.25) is 4.79 Å². The maximum Gasteiger partial charge on any atom is 0.187 e. The summed E-state index contributed by atoms with van der Waals surface area (Å²) < 4.78 is 73.8. The van der Waals surface area contributed by atoms with Crippen LogP contribution in [-0.2, 0) is 62.3 Å². The van der Waals surface area contributed by atoms with Gasteiger partial charge in [-0.25, -0.2) is 0 Å². The number of aryl methyl sites for hydroxylation is 1. The standard InChI is InChI=1S/C48H74O18/c1-22-28(13-15-58-22)47(5)14-12-29-27(45(47)54)11-10-26-16-31(30(50)20-48(26,29)6)62-36-17-32(55-7)42(23(2)59-36)64-37-18-33(56-8)43(24(3)60-37)65-38-19-34(57-9)44(25(4)61-38)66-46-41(53)40(52)39(51)35(21-49)63-46/h10,13,15,23-25,27,29-44,46,49-53H,11-12,14,16-21H2,1-9H3/t23-,24+,25-,27-,29+,30-,31-,32+,33+,34+,35-,36+,37+,38+,39-,40+,41-,42-,43-,44-,46+,47-,48+/m1/s1. The van der Waals surface area contributed by atoms with E-state index in [0.29, 0.717) is 32.1 Å².